The number of carbonyl (C=O) groups excluding carboxylic acids is 1. The van der Waals surface area contributed by atoms with E-state index < -0.39 is 0 Å². The number of amides is 1. The van der Waals surface area contributed by atoms with E-state index in [-0.39, 0.29) is 24.2 Å². The molecule has 2 aliphatic carbocycles. The first-order valence-corrected chi connectivity index (χ1v) is 10.7. The van der Waals surface area contributed by atoms with Crippen LogP contribution in [-0.4, -0.2) is 51.0 Å². The van der Waals surface area contributed by atoms with E-state index in [2.05, 4.69) is 44.0 Å². The van der Waals surface area contributed by atoms with Gasteiger partial charge in [-0.1, -0.05) is 19.4 Å². The van der Waals surface area contributed by atoms with Crippen LogP contribution in [-0.2, 0) is 15.9 Å². The molecule has 1 amide bonds. The SMILES string of the molecule is CC[C@@H]1C[C@H](OC(=O)NC[C@@H]2CCCO2)C[C@@H]1c1nnc2cnc3c(n12)C=CC3. The lowest BCUT2D eigenvalue weighted by Gasteiger charge is -2.16. The number of hydrogen-bond donors (Lipinski definition) is 1. The predicted molar refractivity (Wildman–Crippen MR) is 107 cm³/mol. The molecule has 154 valence electrons. The number of nitrogens with one attached hydrogen (secondary N) is 1. The fourth-order valence-electron chi connectivity index (χ4n) is 4.95. The Morgan fingerprint density at radius 3 is 3.14 bits per heavy atom. The van der Waals surface area contributed by atoms with Crippen LogP contribution in [0.25, 0.3) is 11.7 Å². The summed E-state index contributed by atoms with van der Waals surface area (Å²) < 4.78 is 13.4. The summed E-state index contributed by atoms with van der Waals surface area (Å²) in [5.41, 5.74) is 2.92. The molecule has 0 spiro atoms. The van der Waals surface area contributed by atoms with Crippen LogP contribution in [0.4, 0.5) is 4.79 Å². The summed E-state index contributed by atoms with van der Waals surface area (Å²) in [6.45, 7) is 3.49. The summed E-state index contributed by atoms with van der Waals surface area (Å²) in [4.78, 5) is 16.8. The molecule has 8 nitrogen and oxygen atoms in total. The molecule has 0 aromatic carbocycles. The van der Waals surface area contributed by atoms with E-state index in [1.165, 1.54) is 0 Å². The molecule has 3 heterocycles. The average molecular weight is 397 g/mol. The van der Waals surface area contributed by atoms with Crippen molar-refractivity contribution in [2.24, 2.45) is 5.92 Å². The Bertz CT molecular complexity index is 934. The van der Waals surface area contributed by atoms with Crippen molar-refractivity contribution in [3.05, 3.63) is 29.5 Å². The molecule has 1 saturated heterocycles. The first kappa shape index (κ1) is 18.5. The van der Waals surface area contributed by atoms with Gasteiger partial charge in [-0.05, 0) is 37.7 Å². The van der Waals surface area contributed by atoms with Crippen molar-refractivity contribution in [1.29, 1.82) is 0 Å². The minimum atomic E-state index is -0.347. The Labute approximate surface area is 169 Å². The lowest BCUT2D eigenvalue weighted by atomic mass is 9.93. The van der Waals surface area contributed by atoms with Gasteiger partial charge in [0.15, 0.2) is 5.65 Å². The normalized spacial score (nSPS) is 28.2. The van der Waals surface area contributed by atoms with Gasteiger partial charge in [0, 0.05) is 25.5 Å². The molecule has 2 aromatic rings. The highest BCUT2D eigenvalue weighted by molar-refractivity contribution is 5.67. The van der Waals surface area contributed by atoms with E-state index in [1.54, 1.807) is 6.20 Å². The zero-order valence-corrected chi connectivity index (χ0v) is 16.7. The summed E-state index contributed by atoms with van der Waals surface area (Å²) in [6, 6.07) is 0. The molecule has 0 bridgehead atoms. The Kier molecular flexibility index (Phi) is 4.95. The predicted octanol–water partition coefficient (Wildman–Crippen LogP) is 2.87. The molecule has 0 unspecified atom stereocenters. The van der Waals surface area contributed by atoms with Gasteiger partial charge >= 0.3 is 6.09 Å². The Morgan fingerprint density at radius 2 is 2.31 bits per heavy atom. The van der Waals surface area contributed by atoms with E-state index in [0.717, 1.165) is 68.0 Å². The van der Waals surface area contributed by atoms with Gasteiger partial charge in [0.05, 0.1) is 23.7 Å². The summed E-state index contributed by atoms with van der Waals surface area (Å²) >= 11 is 0. The largest absolute Gasteiger partial charge is 0.446 e. The van der Waals surface area contributed by atoms with Gasteiger partial charge in [-0.2, -0.15) is 0 Å². The molecule has 1 N–H and O–H groups in total. The quantitative estimate of drug-likeness (QED) is 0.834. The zero-order valence-electron chi connectivity index (χ0n) is 16.7. The van der Waals surface area contributed by atoms with Gasteiger partial charge in [-0.25, -0.2) is 4.79 Å². The van der Waals surface area contributed by atoms with Crippen LogP contribution in [0.1, 0.15) is 62.2 Å². The van der Waals surface area contributed by atoms with Gasteiger partial charge in [0.1, 0.15) is 11.9 Å². The van der Waals surface area contributed by atoms with Crippen molar-refractivity contribution < 1.29 is 14.3 Å². The second-order valence-electron chi connectivity index (χ2n) is 8.24. The van der Waals surface area contributed by atoms with E-state index in [4.69, 9.17) is 9.47 Å². The van der Waals surface area contributed by atoms with E-state index in [9.17, 15) is 4.79 Å². The number of nitrogens with zero attached hydrogens (tertiary/aromatic N) is 4. The third-order valence-electron chi connectivity index (χ3n) is 6.45. The molecule has 2 fully saturated rings. The summed E-state index contributed by atoms with van der Waals surface area (Å²) in [5.74, 6) is 1.59. The summed E-state index contributed by atoms with van der Waals surface area (Å²) in [6.07, 6.45) is 11.2. The number of allylic oxidation sites excluding steroid dienone is 1. The average Bonchev–Trinajstić information content (AvgIpc) is 3.51. The molecule has 0 radical (unpaired) electrons. The molecule has 3 aliphatic rings. The van der Waals surface area contributed by atoms with Gasteiger partial charge in [-0.3, -0.25) is 9.38 Å². The van der Waals surface area contributed by atoms with Gasteiger partial charge < -0.3 is 14.8 Å². The summed E-state index contributed by atoms with van der Waals surface area (Å²) in [7, 11) is 0. The van der Waals surface area contributed by atoms with Crippen LogP contribution in [0.2, 0.25) is 0 Å². The van der Waals surface area contributed by atoms with Crippen LogP contribution in [0.5, 0.6) is 0 Å². The monoisotopic (exact) mass is 397 g/mol. The minimum absolute atomic E-state index is 0.104. The lowest BCUT2D eigenvalue weighted by Crippen LogP contribution is -2.34. The van der Waals surface area contributed by atoms with Gasteiger partial charge in [-0.15, -0.1) is 10.2 Å². The maximum atomic E-state index is 12.3. The molecule has 29 heavy (non-hydrogen) atoms. The smallest absolute Gasteiger partial charge is 0.407 e. The van der Waals surface area contributed by atoms with Crippen molar-refractivity contribution in [3.8, 4) is 0 Å². The molecular weight excluding hydrogens is 370 g/mol. The number of alkyl carbamates (subject to hydrolysis) is 1. The van der Waals surface area contributed by atoms with Crippen molar-refractivity contribution in [1.82, 2.24) is 24.9 Å². The van der Waals surface area contributed by atoms with Crippen LogP contribution < -0.4 is 5.32 Å². The second kappa shape index (κ2) is 7.74. The molecule has 5 rings (SSSR count). The number of aromatic nitrogens is 4. The van der Waals surface area contributed by atoms with E-state index in [0.29, 0.717) is 12.5 Å². The summed E-state index contributed by atoms with van der Waals surface area (Å²) in [5, 5.41) is 11.7. The Hall–Kier alpha value is -2.48. The fraction of sp³-hybridized carbons (Fsp3) is 0.619. The van der Waals surface area contributed by atoms with Crippen molar-refractivity contribution in [2.75, 3.05) is 13.2 Å². The highest BCUT2D eigenvalue weighted by atomic mass is 16.6. The first-order chi connectivity index (χ1) is 14.2. The molecule has 1 aliphatic heterocycles. The number of hydrogen-bond acceptors (Lipinski definition) is 6. The Balaban J connectivity index is 1.30. The van der Waals surface area contributed by atoms with Crippen LogP contribution in [0, 0.1) is 5.92 Å². The Morgan fingerprint density at radius 1 is 1.38 bits per heavy atom. The van der Waals surface area contributed by atoms with Crippen molar-refractivity contribution >= 4 is 17.8 Å². The van der Waals surface area contributed by atoms with Gasteiger partial charge in [0.2, 0.25) is 0 Å². The maximum absolute atomic E-state index is 12.3. The zero-order chi connectivity index (χ0) is 19.8. The van der Waals surface area contributed by atoms with Crippen LogP contribution in [0.3, 0.4) is 0 Å². The van der Waals surface area contributed by atoms with E-state index >= 15 is 0 Å². The van der Waals surface area contributed by atoms with E-state index in [1.807, 2.05) is 0 Å². The lowest BCUT2D eigenvalue weighted by molar-refractivity contribution is 0.0825. The fourth-order valence-corrected chi connectivity index (χ4v) is 4.95. The minimum Gasteiger partial charge on any atom is -0.446 e. The molecule has 8 heteroatoms. The third-order valence-corrected chi connectivity index (χ3v) is 6.45. The second-order valence-corrected chi connectivity index (χ2v) is 8.24. The number of carbonyl (C=O) groups is 1. The first-order valence-electron chi connectivity index (χ1n) is 10.7. The number of rotatable bonds is 5. The third kappa shape index (κ3) is 3.50. The topological polar surface area (TPSA) is 90.6 Å². The number of ether oxygens (including phenoxy) is 2. The highest BCUT2D eigenvalue weighted by Gasteiger charge is 2.39. The number of fused-ring (bicyclic) bond motifs is 3. The van der Waals surface area contributed by atoms with Gasteiger partial charge in [0.25, 0.3) is 0 Å². The van der Waals surface area contributed by atoms with Crippen molar-refractivity contribution in [3.63, 3.8) is 0 Å². The standard InChI is InChI=1S/C21H27N5O3/c1-2-13-9-15(29-21(27)23-11-14-5-4-8-28-14)10-16(13)20-25-24-19-12-22-17-6-3-7-18(17)26(19)20/h3,7,12-16H,2,4-6,8-11H2,1H3,(H,23,27)/t13-,14+,15+,16+/m1/s1. The van der Waals surface area contributed by atoms with Crippen molar-refractivity contribution in [2.45, 2.75) is 63.6 Å². The highest BCUT2D eigenvalue weighted by Crippen LogP contribution is 2.42. The maximum Gasteiger partial charge on any atom is 0.407 e. The van der Waals surface area contributed by atoms with Crippen LogP contribution in [0.15, 0.2) is 12.3 Å². The molecule has 4 atom stereocenters. The molecular formula is C21H27N5O3. The van der Waals surface area contributed by atoms with Crippen LogP contribution >= 0.6 is 0 Å². The molecule has 1 saturated carbocycles. The molecule has 2 aromatic heterocycles.